The van der Waals surface area contributed by atoms with Crippen molar-refractivity contribution >= 4 is 5.91 Å². The van der Waals surface area contributed by atoms with Crippen molar-refractivity contribution in [3.8, 4) is 22.5 Å². The highest BCUT2D eigenvalue weighted by atomic mass is 16.5. The number of carbonyl (C=O) groups is 1. The van der Waals surface area contributed by atoms with Crippen LogP contribution in [0.5, 0.6) is 0 Å². The molecule has 1 aliphatic heterocycles. The lowest BCUT2D eigenvalue weighted by Crippen LogP contribution is -2.34. The zero-order valence-corrected chi connectivity index (χ0v) is 16.8. The highest BCUT2D eigenvalue weighted by Crippen LogP contribution is 2.25. The standard InChI is InChI=1S/C22H25N5O2/c1-15-12-23-16(2)22(25-15)18-6-3-5-17(11-18)20-8-9-27(26-20)14-21(28)24-13-19-7-4-10-29-19/h3,5-6,8-9,11-12,19H,4,7,10,13-14H2,1-2H3,(H,24,28). The van der Waals surface area contributed by atoms with Gasteiger partial charge in [0.1, 0.15) is 6.54 Å². The first kappa shape index (κ1) is 19.3. The van der Waals surface area contributed by atoms with E-state index in [1.807, 2.05) is 44.3 Å². The maximum Gasteiger partial charge on any atom is 0.241 e. The van der Waals surface area contributed by atoms with Crippen molar-refractivity contribution in [3.63, 3.8) is 0 Å². The molecule has 7 nitrogen and oxygen atoms in total. The van der Waals surface area contributed by atoms with Crippen molar-refractivity contribution in [1.29, 1.82) is 0 Å². The maximum atomic E-state index is 12.2. The predicted molar refractivity (Wildman–Crippen MR) is 110 cm³/mol. The highest BCUT2D eigenvalue weighted by molar-refractivity contribution is 5.76. The molecule has 1 aromatic carbocycles. The minimum Gasteiger partial charge on any atom is -0.376 e. The molecule has 1 fully saturated rings. The minimum atomic E-state index is -0.0606. The number of aromatic nitrogens is 4. The first-order valence-electron chi connectivity index (χ1n) is 9.91. The van der Waals surface area contributed by atoms with Gasteiger partial charge < -0.3 is 10.1 Å². The summed E-state index contributed by atoms with van der Waals surface area (Å²) in [5.41, 5.74) is 5.44. The maximum absolute atomic E-state index is 12.2. The topological polar surface area (TPSA) is 81.9 Å². The van der Waals surface area contributed by atoms with Gasteiger partial charge in [-0.2, -0.15) is 5.10 Å². The molecule has 3 aromatic rings. The average Bonchev–Trinajstić information content (AvgIpc) is 3.40. The van der Waals surface area contributed by atoms with Gasteiger partial charge in [0.05, 0.1) is 28.9 Å². The third-order valence-corrected chi connectivity index (χ3v) is 5.00. The molecule has 2 aromatic heterocycles. The van der Waals surface area contributed by atoms with Crippen molar-refractivity contribution in [1.82, 2.24) is 25.1 Å². The van der Waals surface area contributed by atoms with Gasteiger partial charge in [0.2, 0.25) is 5.91 Å². The lowest BCUT2D eigenvalue weighted by molar-refractivity contribution is -0.122. The fraction of sp³-hybridized carbons (Fsp3) is 0.364. The largest absolute Gasteiger partial charge is 0.376 e. The molecule has 1 saturated heterocycles. The fourth-order valence-corrected chi connectivity index (χ4v) is 3.48. The van der Waals surface area contributed by atoms with E-state index in [1.54, 1.807) is 10.9 Å². The summed E-state index contributed by atoms with van der Waals surface area (Å²) in [6, 6.07) is 9.99. The molecule has 1 unspecified atom stereocenters. The number of amides is 1. The SMILES string of the molecule is Cc1cnc(C)c(-c2cccc(-c3ccn(CC(=O)NCC4CCCO4)n3)c2)n1. The van der Waals surface area contributed by atoms with Crippen LogP contribution in [-0.2, 0) is 16.1 Å². The molecule has 0 bridgehead atoms. The van der Waals surface area contributed by atoms with Crippen LogP contribution >= 0.6 is 0 Å². The zero-order valence-electron chi connectivity index (χ0n) is 16.8. The molecule has 29 heavy (non-hydrogen) atoms. The molecule has 1 N–H and O–H groups in total. The third-order valence-electron chi connectivity index (χ3n) is 5.00. The molecule has 150 valence electrons. The number of nitrogens with one attached hydrogen (secondary N) is 1. The number of benzene rings is 1. The van der Waals surface area contributed by atoms with Crippen molar-refractivity contribution in [2.45, 2.75) is 39.3 Å². The summed E-state index contributed by atoms with van der Waals surface area (Å²) in [6.45, 7) is 5.43. The van der Waals surface area contributed by atoms with Gasteiger partial charge in [0.15, 0.2) is 0 Å². The van der Waals surface area contributed by atoms with Crippen LogP contribution in [-0.4, -0.2) is 44.9 Å². The number of ether oxygens (including phenoxy) is 1. The van der Waals surface area contributed by atoms with Crippen LogP contribution in [0, 0.1) is 13.8 Å². The second kappa shape index (κ2) is 8.53. The third kappa shape index (κ3) is 4.68. The lowest BCUT2D eigenvalue weighted by Gasteiger charge is -2.10. The van der Waals surface area contributed by atoms with Crippen molar-refractivity contribution < 1.29 is 9.53 Å². The summed E-state index contributed by atoms with van der Waals surface area (Å²) < 4.78 is 7.19. The molecule has 0 spiro atoms. The van der Waals surface area contributed by atoms with E-state index >= 15 is 0 Å². The van der Waals surface area contributed by atoms with Crippen LogP contribution in [0.2, 0.25) is 0 Å². The number of nitrogens with zero attached hydrogens (tertiary/aromatic N) is 4. The number of rotatable bonds is 6. The first-order valence-corrected chi connectivity index (χ1v) is 9.91. The van der Waals surface area contributed by atoms with Gasteiger partial charge in [-0.1, -0.05) is 18.2 Å². The van der Waals surface area contributed by atoms with Crippen LogP contribution in [0.15, 0.2) is 42.7 Å². The Morgan fingerprint density at radius 2 is 2.14 bits per heavy atom. The number of aryl methyl sites for hydroxylation is 2. The van der Waals surface area contributed by atoms with Gasteiger partial charge in [-0.25, -0.2) is 4.98 Å². The van der Waals surface area contributed by atoms with E-state index in [2.05, 4.69) is 26.4 Å². The molecule has 1 amide bonds. The fourth-order valence-electron chi connectivity index (χ4n) is 3.48. The van der Waals surface area contributed by atoms with E-state index < -0.39 is 0 Å². The lowest BCUT2D eigenvalue weighted by atomic mass is 10.0. The number of carbonyl (C=O) groups excluding carboxylic acids is 1. The van der Waals surface area contributed by atoms with Gasteiger partial charge in [-0.15, -0.1) is 0 Å². The van der Waals surface area contributed by atoms with Gasteiger partial charge in [-0.05, 0) is 38.8 Å². The Morgan fingerprint density at radius 1 is 1.28 bits per heavy atom. The Labute approximate surface area is 170 Å². The van der Waals surface area contributed by atoms with Crippen molar-refractivity contribution in [3.05, 3.63) is 54.1 Å². The van der Waals surface area contributed by atoms with Crippen molar-refractivity contribution in [2.75, 3.05) is 13.2 Å². The van der Waals surface area contributed by atoms with E-state index in [-0.39, 0.29) is 18.6 Å². The normalized spacial score (nSPS) is 16.1. The predicted octanol–water partition coefficient (Wildman–Crippen LogP) is 2.92. The molecule has 0 saturated carbocycles. The second-order valence-corrected chi connectivity index (χ2v) is 7.36. The first-order chi connectivity index (χ1) is 14.1. The van der Waals surface area contributed by atoms with Crippen molar-refractivity contribution in [2.24, 2.45) is 0 Å². The number of hydrogen-bond donors (Lipinski definition) is 1. The zero-order chi connectivity index (χ0) is 20.2. The van der Waals surface area contributed by atoms with E-state index in [0.29, 0.717) is 6.54 Å². The van der Waals surface area contributed by atoms with E-state index in [0.717, 1.165) is 53.4 Å². The molecule has 1 aliphatic rings. The summed E-state index contributed by atoms with van der Waals surface area (Å²) in [7, 11) is 0. The van der Waals surface area contributed by atoms with Gasteiger partial charge in [0, 0.05) is 36.7 Å². The summed E-state index contributed by atoms with van der Waals surface area (Å²) in [5.74, 6) is -0.0606. The van der Waals surface area contributed by atoms with Crippen LogP contribution in [0.3, 0.4) is 0 Å². The summed E-state index contributed by atoms with van der Waals surface area (Å²) in [4.78, 5) is 21.2. The molecule has 3 heterocycles. The Kier molecular flexibility index (Phi) is 5.67. The quantitative estimate of drug-likeness (QED) is 0.699. The summed E-state index contributed by atoms with van der Waals surface area (Å²) in [6.07, 6.45) is 5.81. The second-order valence-electron chi connectivity index (χ2n) is 7.36. The summed E-state index contributed by atoms with van der Waals surface area (Å²) in [5, 5.41) is 7.49. The molecule has 1 atom stereocenters. The van der Waals surface area contributed by atoms with Crippen LogP contribution in [0.4, 0.5) is 0 Å². The van der Waals surface area contributed by atoms with E-state index in [9.17, 15) is 4.79 Å². The minimum absolute atomic E-state index is 0.0606. The number of hydrogen-bond acceptors (Lipinski definition) is 5. The molecular weight excluding hydrogens is 366 g/mol. The monoisotopic (exact) mass is 391 g/mol. The molecule has 0 radical (unpaired) electrons. The smallest absolute Gasteiger partial charge is 0.241 e. The van der Waals surface area contributed by atoms with E-state index in [1.165, 1.54) is 0 Å². The van der Waals surface area contributed by atoms with Gasteiger partial charge >= 0.3 is 0 Å². The molecule has 4 rings (SSSR count). The molecule has 7 heteroatoms. The van der Waals surface area contributed by atoms with Crippen LogP contribution < -0.4 is 5.32 Å². The Balaban J connectivity index is 1.45. The van der Waals surface area contributed by atoms with E-state index in [4.69, 9.17) is 4.74 Å². The molecule has 0 aliphatic carbocycles. The van der Waals surface area contributed by atoms with Gasteiger partial charge in [-0.3, -0.25) is 14.5 Å². The van der Waals surface area contributed by atoms with Crippen LogP contribution in [0.1, 0.15) is 24.2 Å². The average molecular weight is 391 g/mol. The van der Waals surface area contributed by atoms with Crippen LogP contribution in [0.25, 0.3) is 22.5 Å². The van der Waals surface area contributed by atoms with Gasteiger partial charge in [0.25, 0.3) is 0 Å². The Bertz CT molecular complexity index is 1010. The summed E-state index contributed by atoms with van der Waals surface area (Å²) >= 11 is 0. The highest BCUT2D eigenvalue weighted by Gasteiger charge is 2.16. The Morgan fingerprint density at radius 3 is 2.97 bits per heavy atom. The Hall–Kier alpha value is -3.06. The molecular formula is C22H25N5O2.